The van der Waals surface area contributed by atoms with Crippen LogP contribution in [0, 0.1) is 0 Å². The first-order chi connectivity index (χ1) is 35.1. The van der Waals surface area contributed by atoms with Gasteiger partial charge in [0.2, 0.25) is 5.91 Å². The molecule has 5 nitrogen and oxygen atoms in total. The molecule has 0 aliphatic carbocycles. The molecule has 0 heterocycles. The average Bonchev–Trinajstić information content (AvgIpc) is 3.37. The molecule has 0 fully saturated rings. The van der Waals surface area contributed by atoms with E-state index in [2.05, 4.69) is 19.2 Å². The molecule has 0 aromatic heterocycles. The van der Waals surface area contributed by atoms with E-state index < -0.39 is 18.2 Å². The second-order valence-electron chi connectivity index (χ2n) is 23.4. The van der Waals surface area contributed by atoms with Crippen molar-refractivity contribution in [2.24, 2.45) is 0 Å². The van der Waals surface area contributed by atoms with E-state index in [1.165, 1.54) is 334 Å². The maximum Gasteiger partial charge on any atom is 0.220 e. The first kappa shape index (κ1) is 70.3. The van der Waals surface area contributed by atoms with Crippen molar-refractivity contribution in [2.45, 2.75) is 411 Å². The van der Waals surface area contributed by atoms with Crippen molar-refractivity contribution in [1.82, 2.24) is 5.32 Å². The molecule has 0 aromatic rings. The Morgan fingerprint density at radius 2 is 0.479 bits per heavy atom. The van der Waals surface area contributed by atoms with Gasteiger partial charge in [0, 0.05) is 6.42 Å². The molecule has 0 bridgehead atoms. The highest BCUT2D eigenvalue weighted by Gasteiger charge is 2.26. The predicted molar refractivity (Wildman–Crippen MR) is 315 cm³/mol. The Balaban J connectivity index is 3.39. The van der Waals surface area contributed by atoms with Gasteiger partial charge in [-0.05, 0) is 12.8 Å². The minimum atomic E-state index is -1.13. The minimum absolute atomic E-state index is 0.134. The molecule has 0 spiro atoms. The smallest absolute Gasteiger partial charge is 0.220 e. The van der Waals surface area contributed by atoms with E-state index in [1.54, 1.807) is 0 Å². The van der Waals surface area contributed by atoms with Crippen molar-refractivity contribution in [3.63, 3.8) is 0 Å². The molecule has 0 rings (SSSR count). The van der Waals surface area contributed by atoms with Gasteiger partial charge >= 0.3 is 0 Å². The van der Waals surface area contributed by atoms with E-state index in [9.17, 15) is 20.1 Å². The Hall–Kier alpha value is -0.650. The molecular weight excluding hydrogens is 871 g/mol. The number of aliphatic hydroxyl groups is 3. The first-order valence-corrected chi connectivity index (χ1v) is 33.3. The summed E-state index contributed by atoms with van der Waals surface area (Å²) in [6.07, 6.45) is 77.5. The molecule has 0 aliphatic rings. The Morgan fingerprint density at radius 3 is 0.676 bits per heavy atom. The zero-order valence-corrected chi connectivity index (χ0v) is 48.9. The lowest BCUT2D eigenvalue weighted by Gasteiger charge is -2.26. The number of aliphatic hydroxyl groups excluding tert-OH is 3. The van der Waals surface area contributed by atoms with Crippen molar-refractivity contribution >= 4 is 5.91 Å². The van der Waals surface area contributed by atoms with Crippen molar-refractivity contribution in [3.05, 3.63) is 0 Å². The molecular formula is C66H133NO4. The summed E-state index contributed by atoms with van der Waals surface area (Å²) in [5.41, 5.74) is 0. The quantitative estimate of drug-likeness (QED) is 0.0457. The van der Waals surface area contributed by atoms with Crippen LogP contribution in [0.1, 0.15) is 393 Å². The molecule has 0 radical (unpaired) electrons. The molecule has 0 aliphatic heterocycles. The van der Waals surface area contributed by atoms with Gasteiger partial charge in [0.05, 0.1) is 18.8 Å². The summed E-state index contributed by atoms with van der Waals surface area (Å²) < 4.78 is 0. The molecule has 0 saturated carbocycles. The van der Waals surface area contributed by atoms with Gasteiger partial charge in [-0.1, -0.05) is 373 Å². The second kappa shape index (κ2) is 61.9. The molecule has 1 amide bonds. The lowest BCUT2D eigenvalue weighted by Crippen LogP contribution is -2.50. The molecule has 0 aromatic carbocycles. The largest absolute Gasteiger partial charge is 0.394 e. The van der Waals surface area contributed by atoms with Crippen LogP contribution < -0.4 is 5.32 Å². The molecule has 5 heteroatoms. The van der Waals surface area contributed by atoms with E-state index >= 15 is 0 Å². The summed E-state index contributed by atoms with van der Waals surface area (Å²) in [5.74, 6) is -0.134. The van der Waals surface area contributed by atoms with Gasteiger partial charge in [-0.15, -0.1) is 0 Å². The van der Waals surface area contributed by atoms with Crippen LogP contribution in [0.3, 0.4) is 0 Å². The number of hydrogen-bond donors (Lipinski definition) is 4. The van der Waals surface area contributed by atoms with Crippen LogP contribution in [0.15, 0.2) is 0 Å². The van der Waals surface area contributed by atoms with Crippen LogP contribution in [-0.2, 0) is 4.79 Å². The average molecular weight is 1000 g/mol. The van der Waals surface area contributed by atoms with Gasteiger partial charge in [0.15, 0.2) is 0 Å². The number of carbonyl (C=O) groups is 1. The van der Waals surface area contributed by atoms with Crippen molar-refractivity contribution in [1.29, 1.82) is 0 Å². The van der Waals surface area contributed by atoms with E-state index in [4.69, 9.17) is 0 Å². The van der Waals surface area contributed by atoms with Gasteiger partial charge in [0.1, 0.15) is 6.10 Å². The fourth-order valence-electron chi connectivity index (χ4n) is 11.1. The number of amides is 1. The van der Waals surface area contributed by atoms with Gasteiger partial charge < -0.3 is 20.6 Å². The summed E-state index contributed by atoms with van der Waals surface area (Å²) in [7, 11) is 0. The highest BCUT2D eigenvalue weighted by atomic mass is 16.3. The lowest BCUT2D eigenvalue weighted by atomic mass is 9.99. The fourth-order valence-corrected chi connectivity index (χ4v) is 11.1. The third kappa shape index (κ3) is 56.9. The fraction of sp³-hybridized carbons (Fsp3) is 0.985. The minimum Gasteiger partial charge on any atom is -0.394 e. The van der Waals surface area contributed by atoms with Gasteiger partial charge in [0.25, 0.3) is 0 Å². The zero-order chi connectivity index (χ0) is 51.4. The predicted octanol–water partition coefficient (Wildman–Crippen LogP) is 21.2. The monoisotopic (exact) mass is 1000 g/mol. The second-order valence-corrected chi connectivity index (χ2v) is 23.4. The molecule has 426 valence electrons. The number of rotatable bonds is 63. The molecule has 0 saturated heterocycles. The third-order valence-electron chi connectivity index (χ3n) is 16.2. The molecule has 3 unspecified atom stereocenters. The zero-order valence-electron chi connectivity index (χ0n) is 48.9. The Labute approximate surface area is 447 Å². The highest BCUT2D eigenvalue weighted by molar-refractivity contribution is 5.76. The molecule has 4 N–H and O–H groups in total. The maximum atomic E-state index is 12.5. The topological polar surface area (TPSA) is 89.8 Å². The van der Waals surface area contributed by atoms with Crippen LogP contribution in [-0.4, -0.2) is 46.1 Å². The maximum absolute atomic E-state index is 12.5. The Bertz CT molecular complexity index is 975. The molecule has 3 atom stereocenters. The summed E-state index contributed by atoms with van der Waals surface area (Å²) in [5, 5.41) is 33.9. The number of unbranched alkanes of at least 4 members (excludes halogenated alkanes) is 55. The van der Waals surface area contributed by atoms with Gasteiger partial charge in [-0.3, -0.25) is 4.79 Å². The van der Waals surface area contributed by atoms with Crippen LogP contribution in [0.5, 0.6) is 0 Å². The van der Waals surface area contributed by atoms with Gasteiger partial charge in [-0.2, -0.15) is 0 Å². The van der Waals surface area contributed by atoms with Crippen molar-refractivity contribution < 1.29 is 20.1 Å². The first-order valence-electron chi connectivity index (χ1n) is 33.3. The number of carbonyl (C=O) groups excluding carboxylic acids is 1. The van der Waals surface area contributed by atoms with Crippen molar-refractivity contribution in [3.8, 4) is 0 Å². The normalized spacial score (nSPS) is 13.0. The molecule has 71 heavy (non-hydrogen) atoms. The van der Waals surface area contributed by atoms with E-state index in [0.29, 0.717) is 12.8 Å². The van der Waals surface area contributed by atoms with E-state index in [-0.39, 0.29) is 12.5 Å². The van der Waals surface area contributed by atoms with Crippen LogP contribution in [0.2, 0.25) is 0 Å². The summed E-state index contributed by atoms with van der Waals surface area (Å²) >= 11 is 0. The Kier molecular flexibility index (Phi) is 61.3. The number of hydrogen-bond acceptors (Lipinski definition) is 4. The SMILES string of the molecule is CCCCCCCCCCCCCCCCCCCCCCCCCCCCCCCCCCCCCCCCCC(=O)NC(CO)C(O)C(O)CCCCCCCCCCCCCCCCCCCC. The summed E-state index contributed by atoms with van der Waals surface area (Å²) in [4.78, 5) is 12.5. The van der Waals surface area contributed by atoms with E-state index in [1.807, 2.05) is 0 Å². The van der Waals surface area contributed by atoms with Crippen LogP contribution in [0.25, 0.3) is 0 Å². The highest BCUT2D eigenvalue weighted by Crippen LogP contribution is 2.20. The number of nitrogens with one attached hydrogen (secondary N) is 1. The van der Waals surface area contributed by atoms with E-state index in [0.717, 1.165) is 32.1 Å². The van der Waals surface area contributed by atoms with Gasteiger partial charge in [-0.25, -0.2) is 0 Å². The lowest BCUT2D eigenvalue weighted by molar-refractivity contribution is -0.124. The third-order valence-corrected chi connectivity index (χ3v) is 16.2. The summed E-state index contributed by atoms with van der Waals surface area (Å²) in [6.45, 7) is 4.23. The summed E-state index contributed by atoms with van der Waals surface area (Å²) in [6, 6.07) is -0.805. The van der Waals surface area contributed by atoms with Crippen LogP contribution in [0.4, 0.5) is 0 Å². The van der Waals surface area contributed by atoms with Crippen molar-refractivity contribution in [2.75, 3.05) is 6.61 Å². The Morgan fingerprint density at radius 1 is 0.296 bits per heavy atom. The standard InChI is InChI=1S/C66H133NO4/c1-3-5-7-9-11-13-15-17-19-21-23-24-25-26-27-28-29-30-31-32-33-34-35-36-37-38-39-40-41-42-43-45-47-49-51-53-55-57-59-61-65(70)67-63(62-68)66(71)64(69)60-58-56-54-52-50-48-46-44-22-20-18-16-14-12-10-8-6-4-2/h63-64,66,68-69,71H,3-62H2,1-2H3,(H,67,70). The van der Waals surface area contributed by atoms with Crippen LogP contribution >= 0.6 is 0 Å².